The minimum absolute atomic E-state index is 0.0193. The smallest absolute Gasteiger partial charge is 0.407 e. The van der Waals surface area contributed by atoms with Gasteiger partial charge in [0.2, 0.25) is 0 Å². The lowest BCUT2D eigenvalue weighted by atomic mass is 9.98. The zero-order chi connectivity index (χ0) is 24.8. The molecule has 2 aliphatic rings. The summed E-state index contributed by atoms with van der Waals surface area (Å²) in [4.78, 5) is 38.0. The molecule has 1 heterocycles. The number of benzene rings is 2. The molecule has 35 heavy (non-hydrogen) atoms. The van der Waals surface area contributed by atoms with Gasteiger partial charge in [0.25, 0.3) is 5.91 Å². The first kappa shape index (κ1) is 24.7. The fourth-order valence-electron chi connectivity index (χ4n) is 4.99. The maximum Gasteiger partial charge on any atom is 0.407 e. The molecule has 0 saturated carbocycles. The fraction of sp³-hybridized carbons (Fsp3) is 0.444. The molecule has 186 valence electrons. The fourth-order valence-corrected chi connectivity index (χ4v) is 4.99. The summed E-state index contributed by atoms with van der Waals surface area (Å²) in [6.07, 6.45) is 0.0337. The highest BCUT2D eigenvalue weighted by Crippen LogP contribution is 2.44. The summed E-state index contributed by atoms with van der Waals surface area (Å²) in [5.41, 5.74) is 4.63. The van der Waals surface area contributed by atoms with Crippen LogP contribution in [0.3, 0.4) is 0 Å². The van der Waals surface area contributed by atoms with E-state index in [0.29, 0.717) is 19.6 Å². The number of hydrogen-bond acceptors (Lipinski definition) is 5. The van der Waals surface area contributed by atoms with Gasteiger partial charge in [-0.3, -0.25) is 9.59 Å². The molecule has 2 aromatic carbocycles. The van der Waals surface area contributed by atoms with Crippen molar-refractivity contribution in [3.05, 3.63) is 59.7 Å². The molecule has 0 bridgehead atoms. The van der Waals surface area contributed by atoms with Crippen LogP contribution in [0.15, 0.2) is 48.5 Å². The summed E-state index contributed by atoms with van der Waals surface area (Å²) in [5, 5.41) is 11.8. The maximum atomic E-state index is 13.0. The van der Waals surface area contributed by atoms with Crippen LogP contribution >= 0.6 is 0 Å². The van der Waals surface area contributed by atoms with Crippen LogP contribution in [0.4, 0.5) is 4.79 Å². The lowest BCUT2D eigenvalue weighted by Crippen LogP contribution is -2.45. The van der Waals surface area contributed by atoms with E-state index in [1.165, 1.54) is 11.1 Å². The normalized spacial score (nSPS) is 18.5. The third kappa shape index (κ3) is 5.65. The van der Waals surface area contributed by atoms with E-state index >= 15 is 0 Å². The van der Waals surface area contributed by atoms with Gasteiger partial charge in [0, 0.05) is 38.1 Å². The highest BCUT2D eigenvalue weighted by molar-refractivity contribution is 5.82. The summed E-state index contributed by atoms with van der Waals surface area (Å²) in [6.45, 7) is 3.46. The van der Waals surface area contributed by atoms with E-state index in [2.05, 4.69) is 29.6 Å². The van der Waals surface area contributed by atoms with Crippen LogP contribution in [0.1, 0.15) is 43.2 Å². The van der Waals surface area contributed by atoms with Gasteiger partial charge in [-0.25, -0.2) is 4.79 Å². The molecule has 0 unspecified atom stereocenters. The molecule has 0 radical (unpaired) electrons. The topological polar surface area (TPSA) is 105 Å². The number of nitrogens with zero attached hydrogens (tertiary/aromatic N) is 1. The first-order chi connectivity index (χ1) is 17.0. The van der Waals surface area contributed by atoms with Crippen LogP contribution in [0.2, 0.25) is 0 Å². The van der Waals surface area contributed by atoms with Crippen LogP contribution in [0, 0.1) is 5.92 Å². The number of ether oxygens (including phenoxy) is 2. The van der Waals surface area contributed by atoms with Crippen molar-refractivity contribution in [1.82, 2.24) is 10.2 Å². The number of carbonyl (C=O) groups excluding carboxylic acids is 2. The third-order valence-corrected chi connectivity index (χ3v) is 6.71. The van der Waals surface area contributed by atoms with Gasteiger partial charge in [-0.15, -0.1) is 0 Å². The molecule has 4 rings (SSSR count). The number of carboxylic acids is 1. The van der Waals surface area contributed by atoms with Crippen LogP contribution in [-0.4, -0.2) is 66.9 Å². The average Bonchev–Trinajstić information content (AvgIpc) is 3.46. The standard InChI is InChI=1S/C27H32N2O6/c1-2-13-29(14-11-24(30)31)26(32)25-18(12-15-34-25)16-28-27(33)35-17-23-21-9-5-3-7-19(21)20-8-4-6-10-22(20)23/h3-10,18,23,25H,2,11-17H2,1H3,(H,28,33)(H,30,31)/t18-,25-/m0/s1. The van der Waals surface area contributed by atoms with Crippen molar-refractivity contribution >= 4 is 18.0 Å². The molecule has 2 N–H and O–H groups in total. The first-order valence-corrected chi connectivity index (χ1v) is 12.2. The highest BCUT2D eigenvalue weighted by atomic mass is 16.5. The van der Waals surface area contributed by atoms with Crippen LogP contribution < -0.4 is 5.32 Å². The zero-order valence-corrected chi connectivity index (χ0v) is 19.9. The molecular formula is C27H32N2O6. The molecule has 2 amide bonds. The lowest BCUT2D eigenvalue weighted by Gasteiger charge is -2.27. The van der Waals surface area contributed by atoms with Crippen molar-refractivity contribution in [3.8, 4) is 11.1 Å². The zero-order valence-electron chi connectivity index (χ0n) is 19.9. The minimum Gasteiger partial charge on any atom is -0.481 e. The Balaban J connectivity index is 1.31. The second-order valence-corrected chi connectivity index (χ2v) is 9.02. The third-order valence-electron chi connectivity index (χ3n) is 6.71. The molecule has 1 fully saturated rings. The number of nitrogens with one attached hydrogen (secondary N) is 1. The Kier molecular flexibility index (Phi) is 8.02. The monoisotopic (exact) mass is 480 g/mol. The molecule has 2 atom stereocenters. The predicted molar refractivity (Wildman–Crippen MR) is 130 cm³/mol. The predicted octanol–water partition coefficient (Wildman–Crippen LogP) is 3.64. The number of aliphatic carboxylic acids is 1. The van der Waals surface area contributed by atoms with Gasteiger partial charge in [-0.2, -0.15) is 0 Å². The van der Waals surface area contributed by atoms with Crippen molar-refractivity contribution in [3.63, 3.8) is 0 Å². The van der Waals surface area contributed by atoms with Gasteiger partial charge < -0.3 is 24.8 Å². The summed E-state index contributed by atoms with van der Waals surface area (Å²) in [7, 11) is 0. The molecule has 1 aliphatic heterocycles. The van der Waals surface area contributed by atoms with E-state index in [9.17, 15) is 14.4 Å². The number of rotatable bonds is 10. The molecule has 2 aromatic rings. The SMILES string of the molecule is CCCN(CCC(=O)O)C(=O)[C@H]1OCC[C@H]1CNC(=O)OCC1c2ccccc2-c2ccccc21. The quantitative estimate of drug-likeness (QED) is 0.538. The Morgan fingerprint density at radius 2 is 1.71 bits per heavy atom. The van der Waals surface area contributed by atoms with E-state index in [4.69, 9.17) is 14.6 Å². The van der Waals surface area contributed by atoms with Crippen molar-refractivity contribution in [2.24, 2.45) is 5.92 Å². The number of carbonyl (C=O) groups is 3. The average molecular weight is 481 g/mol. The van der Waals surface area contributed by atoms with Gasteiger partial charge in [0.05, 0.1) is 6.42 Å². The first-order valence-electron chi connectivity index (χ1n) is 12.2. The van der Waals surface area contributed by atoms with E-state index < -0.39 is 18.2 Å². The molecule has 8 nitrogen and oxygen atoms in total. The van der Waals surface area contributed by atoms with E-state index in [1.807, 2.05) is 31.2 Å². The number of carboxylic acid groups (broad SMARTS) is 1. The van der Waals surface area contributed by atoms with Gasteiger partial charge in [0.15, 0.2) is 0 Å². The summed E-state index contributed by atoms with van der Waals surface area (Å²) in [5.74, 6) is -1.37. The van der Waals surface area contributed by atoms with Crippen molar-refractivity contribution in [2.75, 3.05) is 32.8 Å². The second kappa shape index (κ2) is 11.4. The van der Waals surface area contributed by atoms with Crippen molar-refractivity contribution < 1.29 is 29.0 Å². The largest absolute Gasteiger partial charge is 0.481 e. The van der Waals surface area contributed by atoms with Gasteiger partial charge in [-0.05, 0) is 35.1 Å². The number of amides is 2. The minimum atomic E-state index is -0.945. The summed E-state index contributed by atoms with van der Waals surface area (Å²) in [6, 6.07) is 16.3. The van der Waals surface area contributed by atoms with Crippen molar-refractivity contribution in [2.45, 2.75) is 38.2 Å². The molecule has 1 aliphatic carbocycles. The highest BCUT2D eigenvalue weighted by Gasteiger charge is 2.37. The Bertz CT molecular complexity index is 1030. The Morgan fingerprint density at radius 1 is 1.06 bits per heavy atom. The summed E-state index contributed by atoms with van der Waals surface area (Å²) >= 11 is 0. The molecule has 0 spiro atoms. The van der Waals surface area contributed by atoms with E-state index in [-0.39, 0.29) is 43.9 Å². The van der Waals surface area contributed by atoms with Crippen molar-refractivity contribution in [1.29, 1.82) is 0 Å². The number of alkyl carbamates (subject to hydrolysis) is 1. The number of fused-ring (bicyclic) bond motifs is 3. The Morgan fingerprint density at radius 3 is 2.34 bits per heavy atom. The molecular weight excluding hydrogens is 448 g/mol. The van der Waals surface area contributed by atoms with Gasteiger partial charge in [-0.1, -0.05) is 55.5 Å². The maximum absolute atomic E-state index is 13.0. The second-order valence-electron chi connectivity index (χ2n) is 9.02. The van der Waals surface area contributed by atoms with E-state index in [0.717, 1.165) is 17.5 Å². The molecule has 1 saturated heterocycles. The molecule has 0 aromatic heterocycles. The van der Waals surface area contributed by atoms with Gasteiger partial charge in [0.1, 0.15) is 12.7 Å². The van der Waals surface area contributed by atoms with E-state index in [1.54, 1.807) is 4.90 Å². The van der Waals surface area contributed by atoms with Gasteiger partial charge >= 0.3 is 12.1 Å². The Hall–Kier alpha value is -3.39. The molecule has 8 heteroatoms. The Labute approximate surface area is 205 Å². The van der Waals surface area contributed by atoms with Crippen LogP contribution in [-0.2, 0) is 19.1 Å². The number of hydrogen-bond donors (Lipinski definition) is 2. The lowest BCUT2D eigenvalue weighted by molar-refractivity contribution is -0.144. The van der Waals surface area contributed by atoms with Crippen LogP contribution in [0.25, 0.3) is 11.1 Å². The van der Waals surface area contributed by atoms with Crippen LogP contribution in [0.5, 0.6) is 0 Å². The summed E-state index contributed by atoms with van der Waals surface area (Å²) < 4.78 is 11.3.